The summed E-state index contributed by atoms with van der Waals surface area (Å²) in [5.41, 5.74) is 4.63. The molecule has 1 aromatic heterocycles. The van der Waals surface area contributed by atoms with Gasteiger partial charge in [0.2, 0.25) is 11.7 Å². The van der Waals surface area contributed by atoms with Crippen LogP contribution in [-0.2, 0) is 28.8 Å². The fourth-order valence-electron chi connectivity index (χ4n) is 5.79. The zero-order valence-corrected chi connectivity index (χ0v) is 25.1. The van der Waals surface area contributed by atoms with Crippen molar-refractivity contribution in [1.82, 2.24) is 4.90 Å². The number of unbranched alkanes of at least 4 members (excludes halogenated alkanes) is 3. The molecule has 2 amide bonds. The van der Waals surface area contributed by atoms with Crippen LogP contribution < -0.4 is 0 Å². The van der Waals surface area contributed by atoms with Crippen molar-refractivity contribution >= 4 is 17.8 Å². The quantitative estimate of drug-likeness (QED) is 0.0963. The van der Waals surface area contributed by atoms with Crippen molar-refractivity contribution in [3.05, 3.63) is 119 Å². The van der Waals surface area contributed by atoms with E-state index in [2.05, 4.69) is 6.07 Å². The summed E-state index contributed by atoms with van der Waals surface area (Å²) in [6.45, 7) is 2.26. The number of hydrogen-bond acceptors (Lipinski definition) is 6. The summed E-state index contributed by atoms with van der Waals surface area (Å²) in [4.78, 5) is 42.5. The first-order chi connectivity index (χ1) is 21.4. The number of amides is 2. The summed E-state index contributed by atoms with van der Waals surface area (Å²) in [6, 6.07) is 28.2. The number of hydrogen-bond donors (Lipinski definition) is 1. The van der Waals surface area contributed by atoms with Crippen LogP contribution in [0.5, 0.6) is 0 Å². The summed E-state index contributed by atoms with van der Waals surface area (Å²) in [5, 5.41) is 9.14. The molecular weight excluding hydrogens is 554 g/mol. The van der Waals surface area contributed by atoms with Crippen LogP contribution in [0.3, 0.4) is 0 Å². The number of rotatable bonds is 14. The number of furan rings is 1. The third-order valence-corrected chi connectivity index (χ3v) is 8.10. The van der Waals surface area contributed by atoms with Gasteiger partial charge in [-0.05, 0) is 55.4 Å². The molecule has 0 radical (unpaired) electrons. The number of aliphatic hydroxyl groups is 1. The van der Waals surface area contributed by atoms with Gasteiger partial charge in [0.05, 0.1) is 6.04 Å². The number of nitrogens with zero attached hydrogens (tertiary/aromatic N) is 1. The average Bonchev–Trinajstić information content (AvgIpc) is 3.63. The SMILES string of the molecule is Cc1cccc(-c2cc(C(=O)[C@H](Cc3ccccc3)C(=O)N3C(=O)OC[C@@H]3Cc3ccccc3)oc2CCCCCCO)c1. The largest absolute Gasteiger partial charge is 0.457 e. The van der Waals surface area contributed by atoms with Gasteiger partial charge in [-0.25, -0.2) is 9.69 Å². The third-order valence-electron chi connectivity index (χ3n) is 8.10. The van der Waals surface area contributed by atoms with Gasteiger partial charge in [-0.1, -0.05) is 103 Å². The minimum atomic E-state index is -1.17. The molecule has 1 fully saturated rings. The van der Waals surface area contributed by atoms with Crippen LogP contribution in [-0.4, -0.2) is 47.0 Å². The van der Waals surface area contributed by atoms with Crippen LogP contribution in [0, 0.1) is 12.8 Å². The highest BCUT2D eigenvalue weighted by molar-refractivity contribution is 6.12. The maximum atomic E-state index is 14.3. The van der Waals surface area contributed by atoms with Crippen LogP contribution in [0.2, 0.25) is 0 Å². The van der Waals surface area contributed by atoms with Crippen molar-refractivity contribution in [3.8, 4) is 11.1 Å². The first kappa shape index (κ1) is 31.0. The van der Waals surface area contributed by atoms with E-state index in [1.807, 2.05) is 85.8 Å². The van der Waals surface area contributed by atoms with E-state index in [0.29, 0.717) is 18.6 Å². The smallest absolute Gasteiger partial charge is 0.417 e. The summed E-state index contributed by atoms with van der Waals surface area (Å²) in [7, 11) is 0. The zero-order chi connectivity index (χ0) is 30.9. The van der Waals surface area contributed by atoms with Crippen LogP contribution in [0.1, 0.15) is 58.7 Å². The van der Waals surface area contributed by atoms with E-state index in [4.69, 9.17) is 14.3 Å². The Morgan fingerprint density at radius 3 is 2.30 bits per heavy atom. The van der Waals surface area contributed by atoms with E-state index < -0.39 is 29.7 Å². The minimum absolute atomic E-state index is 0.0738. The highest BCUT2D eigenvalue weighted by Gasteiger charge is 2.44. The monoisotopic (exact) mass is 593 g/mol. The van der Waals surface area contributed by atoms with Gasteiger partial charge in [0.25, 0.3) is 0 Å². The standard InChI is InChI=1S/C37H39NO6/c1-26-13-12-18-29(21-26)31-24-34(44-33(31)19-10-2-3-11-20-39)35(40)32(23-28-16-8-5-9-17-28)36(41)38-30(25-43-37(38)42)22-27-14-6-4-7-15-27/h4-9,12-18,21,24,30,32,39H,2-3,10-11,19-20,22-23,25H2,1H3/t30-,32-/m0/s1. The maximum absolute atomic E-state index is 14.3. The molecule has 7 heteroatoms. The predicted molar refractivity (Wildman–Crippen MR) is 168 cm³/mol. The molecule has 0 aliphatic carbocycles. The molecule has 0 spiro atoms. The molecule has 5 rings (SSSR count). The number of cyclic esters (lactones) is 1. The van der Waals surface area contributed by atoms with Crippen molar-refractivity contribution in [3.63, 3.8) is 0 Å². The van der Waals surface area contributed by atoms with Crippen LogP contribution in [0.25, 0.3) is 11.1 Å². The van der Waals surface area contributed by atoms with Gasteiger partial charge in [0.1, 0.15) is 18.3 Å². The van der Waals surface area contributed by atoms with Crippen molar-refractivity contribution in [1.29, 1.82) is 0 Å². The normalized spacial score (nSPS) is 15.3. The van der Waals surface area contributed by atoms with Gasteiger partial charge in [0.15, 0.2) is 5.76 Å². The number of imide groups is 1. The Bertz CT molecular complexity index is 1560. The number of aryl methyl sites for hydroxylation is 2. The molecule has 0 bridgehead atoms. The Hall–Kier alpha value is -4.49. The molecule has 0 unspecified atom stereocenters. The van der Waals surface area contributed by atoms with E-state index in [1.165, 1.54) is 0 Å². The number of ether oxygens (including phenoxy) is 1. The number of benzene rings is 3. The number of aliphatic hydroxyl groups excluding tert-OH is 1. The second kappa shape index (κ2) is 14.8. The van der Waals surface area contributed by atoms with Crippen LogP contribution >= 0.6 is 0 Å². The van der Waals surface area contributed by atoms with Gasteiger partial charge >= 0.3 is 6.09 Å². The summed E-state index contributed by atoms with van der Waals surface area (Å²) in [6.07, 6.45) is 3.87. The fraction of sp³-hybridized carbons (Fsp3) is 0.324. The lowest BCUT2D eigenvalue weighted by Gasteiger charge is -2.24. The van der Waals surface area contributed by atoms with E-state index in [9.17, 15) is 14.4 Å². The van der Waals surface area contributed by atoms with Crippen molar-refractivity contribution in [2.45, 2.75) is 57.9 Å². The molecule has 2 atom stereocenters. The number of carbonyl (C=O) groups is 3. The molecular formula is C37H39NO6. The lowest BCUT2D eigenvalue weighted by molar-refractivity contribution is -0.131. The molecule has 1 aliphatic rings. The lowest BCUT2D eigenvalue weighted by Crippen LogP contribution is -2.46. The zero-order valence-electron chi connectivity index (χ0n) is 25.1. The van der Waals surface area contributed by atoms with E-state index in [1.54, 1.807) is 6.07 Å². The highest BCUT2D eigenvalue weighted by Crippen LogP contribution is 2.32. The lowest BCUT2D eigenvalue weighted by atomic mass is 9.91. The molecule has 1 N–H and O–H groups in total. The van der Waals surface area contributed by atoms with E-state index in [0.717, 1.165) is 58.4 Å². The second-order valence-electron chi connectivity index (χ2n) is 11.4. The van der Waals surface area contributed by atoms with E-state index in [-0.39, 0.29) is 25.4 Å². The van der Waals surface area contributed by atoms with E-state index >= 15 is 0 Å². The Kier molecular flexibility index (Phi) is 10.4. The first-order valence-electron chi connectivity index (χ1n) is 15.4. The molecule has 44 heavy (non-hydrogen) atoms. The number of carbonyl (C=O) groups excluding carboxylic acids is 3. The first-order valence-corrected chi connectivity index (χ1v) is 15.4. The van der Waals surface area contributed by atoms with Gasteiger partial charge < -0.3 is 14.3 Å². The summed E-state index contributed by atoms with van der Waals surface area (Å²) < 4.78 is 11.6. The molecule has 7 nitrogen and oxygen atoms in total. The second-order valence-corrected chi connectivity index (χ2v) is 11.4. The Morgan fingerprint density at radius 1 is 0.886 bits per heavy atom. The van der Waals surface area contributed by atoms with Crippen molar-refractivity contribution < 1.29 is 28.6 Å². The molecule has 3 aromatic carbocycles. The van der Waals surface area contributed by atoms with Gasteiger partial charge in [0, 0.05) is 18.6 Å². The summed E-state index contributed by atoms with van der Waals surface area (Å²) in [5.74, 6) is -1.42. The topological polar surface area (TPSA) is 97.1 Å². The van der Waals surface area contributed by atoms with Crippen molar-refractivity contribution in [2.75, 3.05) is 13.2 Å². The molecule has 0 saturated carbocycles. The fourth-order valence-corrected chi connectivity index (χ4v) is 5.79. The molecule has 228 valence electrons. The third kappa shape index (κ3) is 7.53. The highest BCUT2D eigenvalue weighted by atomic mass is 16.6. The predicted octanol–water partition coefficient (Wildman–Crippen LogP) is 6.98. The Morgan fingerprint density at radius 2 is 1.59 bits per heavy atom. The molecule has 4 aromatic rings. The van der Waals surface area contributed by atoms with Gasteiger partial charge in [-0.15, -0.1) is 0 Å². The number of ketones is 1. The van der Waals surface area contributed by atoms with Gasteiger partial charge in [-0.3, -0.25) is 9.59 Å². The average molecular weight is 594 g/mol. The Balaban J connectivity index is 1.47. The Labute approximate surface area is 258 Å². The molecule has 2 heterocycles. The number of Topliss-reactive ketones (excluding diaryl/α,β-unsaturated/α-hetero) is 1. The summed E-state index contributed by atoms with van der Waals surface area (Å²) >= 11 is 0. The van der Waals surface area contributed by atoms with Gasteiger partial charge in [-0.2, -0.15) is 0 Å². The minimum Gasteiger partial charge on any atom is -0.457 e. The molecule has 1 aliphatic heterocycles. The maximum Gasteiger partial charge on any atom is 0.417 e. The van der Waals surface area contributed by atoms with Crippen LogP contribution in [0.15, 0.2) is 95.4 Å². The van der Waals surface area contributed by atoms with Crippen LogP contribution in [0.4, 0.5) is 4.79 Å². The van der Waals surface area contributed by atoms with Crippen molar-refractivity contribution in [2.24, 2.45) is 5.92 Å². The molecule has 1 saturated heterocycles.